The van der Waals surface area contributed by atoms with Gasteiger partial charge in [0.1, 0.15) is 4.90 Å². The Kier molecular flexibility index (Phi) is 17.4. The van der Waals surface area contributed by atoms with Crippen LogP contribution in [0.25, 0.3) is 22.4 Å². The van der Waals surface area contributed by atoms with Crippen molar-refractivity contribution < 1.29 is 45.7 Å². The Morgan fingerprint density at radius 3 is 2.13 bits per heavy atom. The summed E-state index contributed by atoms with van der Waals surface area (Å²) in [4.78, 5) is 19.6. The minimum atomic E-state index is -5.94. The molecule has 4 heterocycles. The molecule has 0 bridgehead atoms. The Hall–Kier alpha value is -5.46. The van der Waals surface area contributed by atoms with Crippen molar-refractivity contribution in [2.45, 2.75) is 73.8 Å². The van der Waals surface area contributed by atoms with Gasteiger partial charge in [-0.05, 0) is 155 Å². The molecule has 0 saturated carbocycles. The summed E-state index contributed by atoms with van der Waals surface area (Å²) in [5, 5.41) is 23.8. The standard InChI is InChI=1S/C57H65ClF3N6O7PS2/c1-39(2)67-40(3)53(56(69)70)54(55(67)42-13-15-44(58)16-14-42)43-9-7-10-48(35-43)65-32-30-64(31-33-65)46-17-19-47(20-18-46)66-26-8-34-74-75(66,71)49-21-22-51(52(36-49)77(72,73)57(59,60)61)62-45(38-76-50-11-5-4-6-12-50)25-29-63-27-23-41(37-68)24-28-63/h4-7,9-22,35-36,39,41,45,62,68H,8,23-34,37-38H2,1-3H3,(H,69,70)/t45-,75+/m1/s1. The summed E-state index contributed by atoms with van der Waals surface area (Å²) in [6.07, 6.45) is 2.66. The molecule has 6 aromatic rings. The smallest absolute Gasteiger partial charge is 0.478 e. The van der Waals surface area contributed by atoms with Crippen molar-refractivity contribution in [1.82, 2.24) is 9.47 Å². The number of piperazine rings is 1. The minimum Gasteiger partial charge on any atom is -0.478 e. The molecule has 0 unspecified atom stereocenters. The van der Waals surface area contributed by atoms with Crippen LogP contribution in [0.5, 0.6) is 0 Å². The van der Waals surface area contributed by atoms with Gasteiger partial charge in [0.05, 0.1) is 28.9 Å². The topological polar surface area (TPSA) is 148 Å². The molecule has 0 amide bonds. The van der Waals surface area contributed by atoms with Gasteiger partial charge in [0.25, 0.3) is 9.84 Å². The number of aliphatic hydroxyl groups is 1. The second-order valence-electron chi connectivity index (χ2n) is 20.2. The monoisotopic (exact) mass is 1130 g/mol. The van der Waals surface area contributed by atoms with Crippen molar-refractivity contribution in [2.75, 3.05) is 91.1 Å². The number of alkyl halides is 3. The van der Waals surface area contributed by atoms with Gasteiger partial charge < -0.3 is 39.3 Å². The highest BCUT2D eigenvalue weighted by Gasteiger charge is 2.49. The summed E-state index contributed by atoms with van der Waals surface area (Å²) < 4.78 is 95.7. The van der Waals surface area contributed by atoms with Crippen LogP contribution >= 0.6 is 30.9 Å². The first-order chi connectivity index (χ1) is 36.9. The molecule has 9 rings (SSSR count). The Morgan fingerprint density at radius 2 is 1.49 bits per heavy atom. The fourth-order valence-electron chi connectivity index (χ4n) is 10.8. The normalized spacial score (nSPS) is 18.5. The number of carboxylic acid groups (broad SMARTS) is 1. The van der Waals surface area contributed by atoms with E-state index < -0.39 is 39.8 Å². The molecular formula is C57H65ClF3N6O7PS2. The SMILES string of the molecule is Cc1c(C(=O)O)c(-c2cccc(N3CCN(c4ccc(N5CCCO[P@@]5(=O)c5ccc(N[C@H](CCN6CCC(CO)CC6)CSc6ccccc6)c(S(=O)(=O)C(F)(F)F)c5)cc4)CC3)c2)c(-c2ccc(Cl)cc2)n1C(C)C. The molecule has 410 valence electrons. The van der Waals surface area contributed by atoms with Gasteiger partial charge in [0.15, 0.2) is 0 Å². The number of nitrogens with one attached hydrogen (secondary N) is 1. The lowest BCUT2D eigenvalue weighted by Gasteiger charge is -2.39. The van der Waals surface area contributed by atoms with E-state index >= 15 is 4.57 Å². The molecule has 3 saturated heterocycles. The van der Waals surface area contributed by atoms with E-state index in [0.29, 0.717) is 73.3 Å². The molecule has 0 radical (unpaired) electrons. The number of anilines is 4. The first-order valence-corrected chi connectivity index (χ1v) is 30.5. The third kappa shape index (κ3) is 12.2. The Morgan fingerprint density at radius 1 is 0.831 bits per heavy atom. The summed E-state index contributed by atoms with van der Waals surface area (Å²) in [6.45, 7) is 11.2. The van der Waals surface area contributed by atoms with Crippen LogP contribution in [0, 0.1) is 12.8 Å². The van der Waals surface area contributed by atoms with Crippen molar-refractivity contribution in [3.8, 4) is 22.4 Å². The van der Waals surface area contributed by atoms with E-state index in [2.05, 4.69) is 30.6 Å². The predicted octanol–water partition coefficient (Wildman–Crippen LogP) is 12.1. The number of carbonyl (C=O) groups is 1. The molecule has 0 aliphatic carbocycles. The maximum Gasteiger partial charge on any atom is 0.501 e. The van der Waals surface area contributed by atoms with Crippen LogP contribution < -0.4 is 25.1 Å². The highest BCUT2D eigenvalue weighted by atomic mass is 35.5. The highest BCUT2D eigenvalue weighted by molar-refractivity contribution is 7.99. The molecule has 13 nitrogen and oxygen atoms in total. The number of hydrogen-bond acceptors (Lipinski definition) is 11. The lowest BCUT2D eigenvalue weighted by molar-refractivity contribution is -0.0435. The van der Waals surface area contributed by atoms with E-state index in [9.17, 15) is 36.6 Å². The van der Waals surface area contributed by atoms with E-state index in [1.165, 1.54) is 23.9 Å². The van der Waals surface area contributed by atoms with Gasteiger partial charge >= 0.3 is 19.0 Å². The van der Waals surface area contributed by atoms with Crippen LogP contribution in [0.2, 0.25) is 5.02 Å². The number of benzene rings is 5. The Labute approximate surface area is 458 Å². The van der Waals surface area contributed by atoms with E-state index in [1.807, 2.05) is 106 Å². The number of aromatic carboxylic acids is 1. The zero-order valence-electron chi connectivity index (χ0n) is 43.3. The quantitative estimate of drug-likeness (QED) is 0.0554. The number of piperidine rings is 1. The maximum atomic E-state index is 15.2. The number of thioether (sulfide) groups is 1. The largest absolute Gasteiger partial charge is 0.501 e. The number of carboxylic acids is 1. The molecule has 5 aromatic carbocycles. The van der Waals surface area contributed by atoms with Gasteiger partial charge in [-0.1, -0.05) is 54.1 Å². The van der Waals surface area contributed by atoms with Crippen molar-refractivity contribution in [3.05, 3.63) is 138 Å². The lowest BCUT2D eigenvalue weighted by Crippen LogP contribution is -2.46. The Bertz CT molecular complexity index is 3190. The van der Waals surface area contributed by atoms with Crippen LogP contribution in [-0.2, 0) is 18.9 Å². The lowest BCUT2D eigenvalue weighted by atomic mass is 9.96. The van der Waals surface area contributed by atoms with Crippen molar-refractivity contribution >= 4 is 74.7 Å². The molecule has 3 aliphatic rings. The molecule has 1 aromatic heterocycles. The summed E-state index contributed by atoms with van der Waals surface area (Å²) in [5.41, 5.74) is 0.511. The number of nitrogens with zero attached hydrogens (tertiary/aromatic N) is 5. The average Bonchev–Trinajstić information content (AvgIpc) is 3.88. The molecule has 3 aliphatic heterocycles. The third-order valence-corrected chi connectivity index (χ3v) is 20.4. The number of likely N-dealkylation sites (tertiary alicyclic amines) is 1. The molecule has 20 heteroatoms. The van der Waals surface area contributed by atoms with Crippen molar-refractivity contribution in [3.63, 3.8) is 0 Å². The van der Waals surface area contributed by atoms with Crippen LogP contribution in [0.1, 0.15) is 61.6 Å². The number of hydrogen-bond donors (Lipinski definition) is 3. The fraction of sp³-hybridized carbons (Fsp3) is 0.386. The predicted molar refractivity (Wildman–Crippen MR) is 304 cm³/mol. The van der Waals surface area contributed by atoms with Gasteiger partial charge in [0.2, 0.25) is 0 Å². The first-order valence-electron chi connectivity index (χ1n) is 26.1. The maximum absolute atomic E-state index is 15.2. The summed E-state index contributed by atoms with van der Waals surface area (Å²) >= 11 is 7.79. The first kappa shape index (κ1) is 56.3. The zero-order chi connectivity index (χ0) is 54.6. The number of sulfone groups is 1. The second-order valence-corrected chi connectivity index (χ2v) is 25.9. The fourth-order valence-corrected chi connectivity index (χ4v) is 15.3. The van der Waals surface area contributed by atoms with Crippen LogP contribution in [-0.4, -0.2) is 117 Å². The van der Waals surface area contributed by atoms with Gasteiger partial charge in [0, 0.05) is 102 Å². The molecular weight excluding hydrogens is 1070 g/mol. The summed E-state index contributed by atoms with van der Waals surface area (Å²) in [7, 11) is -10.1. The van der Waals surface area contributed by atoms with Crippen molar-refractivity contribution in [2.24, 2.45) is 5.92 Å². The van der Waals surface area contributed by atoms with Gasteiger partial charge in [-0.3, -0.25) is 9.24 Å². The van der Waals surface area contributed by atoms with Gasteiger partial charge in [-0.25, -0.2) is 13.2 Å². The molecule has 2 atom stereocenters. The van der Waals surface area contributed by atoms with E-state index in [0.717, 1.165) is 65.1 Å². The number of aromatic nitrogens is 1. The third-order valence-electron chi connectivity index (χ3n) is 14.9. The average molecular weight is 1130 g/mol. The van der Waals surface area contributed by atoms with Crippen LogP contribution in [0.4, 0.5) is 35.9 Å². The van der Waals surface area contributed by atoms with Gasteiger partial charge in [-0.15, -0.1) is 11.8 Å². The minimum absolute atomic E-state index is 0.0193. The van der Waals surface area contributed by atoms with Crippen molar-refractivity contribution in [1.29, 1.82) is 0 Å². The summed E-state index contributed by atoms with van der Waals surface area (Å²) in [6, 6.07) is 35.5. The number of rotatable bonds is 18. The molecule has 0 spiro atoms. The van der Waals surface area contributed by atoms with E-state index in [1.54, 1.807) is 16.8 Å². The van der Waals surface area contributed by atoms with E-state index in [4.69, 9.17) is 16.1 Å². The molecule has 77 heavy (non-hydrogen) atoms. The number of aliphatic hydroxyl groups excluding tert-OH is 1. The Balaban J connectivity index is 0.932. The second kappa shape index (κ2) is 23.9. The van der Waals surface area contributed by atoms with Gasteiger partial charge in [-0.2, -0.15) is 13.2 Å². The highest BCUT2D eigenvalue weighted by Crippen LogP contribution is 2.55. The number of halogens is 4. The molecule has 3 N–H and O–H groups in total. The van der Waals surface area contributed by atoms with E-state index in [-0.39, 0.29) is 48.3 Å². The van der Waals surface area contributed by atoms with Crippen LogP contribution in [0.15, 0.2) is 131 Å². The summed E-state index contributed by atoms with van der Waals surface area (Å²) in [5.74, 6) is -0.339. The van der Waals surface area contributed by atoms with Crippen LogP contribution in [0.3, 0.4) is 0 Å². The zero-order valence-corrected chi connectivity index (χ0v) is 46.6. The molecule has 3 fully saturated rings.